The molecule has 0 unspecified atom stereocenters. The van der Waals surface area contributed by atoms with E-state index in [0.29, 0.717) is 15.0 Å². The zero-order valence-electron chi connectivity index (χ0n) is 7.30. The maximum atomic E-state index is 13.5. The van der Waals surface area contributed by atoms with E-state index in [4.69, 9.17) is 28.9 Å². The minimum Gasteiger partial charge on any atom is -0.375 e. The van der Waals surface area contributed by atoms with Crippen LogP contribution in [0.25, 0.3) is 10.4 Å². The van der Waals surface area contributed by atoms with Crippen molar-refractivity contribution >= 4 is 39.7 Å². The Bertz CT molecular complexity index is 513. The van der Waals surface area contributed by atoms with Crippen molar-refractivity contribution in [2.24, 2.45) is 0 Å². The van der Waals surface area contributed by atoms with Gasteiger partial charge in [-0.2, -0.15) is 0 Å². The summed E-state index contributed by atoms with van der Waals surface area (Å²) in [5, 5.41) is 0.848. The maximum Gasteiger partial charge on any atom is 0.180 e. The van der Waals surface area contributed by atoms with Crippen molar-refractivity contribution in [1.29, 1.82) is 0 Å². The third-order valence-electron chi connectivity index (χ3n) is 1.81. The van der Waals surface area contributed by atoms with Crippen molar-refractivity contribution in [3.05, 3.63) is 34.2 Å². The lowest BCUT2D eigenvalue weighted by atomic mass is 10.2. The van der Waals surface area contributed by atoms with Crippen LogP contribution in [-0.4, -0.2) is 4.98 Å². The van der Waals surface area contributed by atoms with Crippen molar-refractivity contribution in [1.82, 2.24) is 4.98 Å². The molecule has 2 nitrogen and oxygen atoms in total. The highest BCUT2D eigenvalue weighted by Crippen LogP contribution is 2.38. The Morgan fingerprint density at radius 3 is 2.67 bits per heavy atom. The molecule has 0 saturated carbocycles. The van der Waals surface area contributed by atoms with Gasteiger partial charge in [0, 0.05) is 11.8 Å². The Morgan fingerprint density at radius 2 is 2.07 bits per heavy atom. The third-order valence-corrected chi connectivity index (χ3v) is 3.46. The molecule has 0 radical (unpaired) electrons. The summed E-state index contributed by atoms with van der Waals surface area (Å²) in [4.78, 5) is 4.40. The predicted octanol–water partition coefficient (Wildman–Crippen LogP) is 3.84. The highest BCUT2D eigenvalue weighted by molar-refractivity contribution is 7.18. The second-order valence-corrected chi connectivity index (χ2v) is 4.63. The van der Waals surface area contributed by atoms with Gasteiger partial charge in [-0.25, -0.2) is 9.37 Å². The topological polar surface area (TPSA) is 38.9 Å². The molecule has 0 saturated heterocycles. The van der Waals surface area contributed by atoms with Gasteiger partial charge in [0.2, 0.25) is 0 Å². The standard InChI is InChI=1S/C9H5Cl2FN2S/c10-4-1-2-5(12)7(8(4)11)6-3-14-9(13)15-6/h1-3H,(H2,13,14). The molecule has 15 heavy (non-hydrogen) atoms. The van der Waals surface area contributed by atoms with E-state index in [1.165, 1.54) is 18.3 Å². The quantitative estimate of drug-likeness (QED) is 0.794. The van der Waals surface area contributed by atoms with E-state index in [0.717, 1.165) is 11.3 Å². The van der Waals surface area contributed by atoms with E-state index in [-0.39, 0.29) is 10.6 Å². The number of hydrogen-bond donors (Lipinski definition) is 1. The summed E-state index contributed by atoms with van der Waals surface area (Å²) in [5.74, 6) is -0.437. The molecular formula is C9H5Cl2FN2S. The number of anilines is 1. The summed E-state index contributed by atoms with van der Waals surface area (Å²) >= 11 is 12.9. The molecule has 0 fully saturated rings. The number of nitrogens with two attached hydrogens (primary N) is 1. The SMILES string of the molecule is Nc1ncc(-c2c(F)ccc(Cl)c2Cl)s1. The van der Waals surface area contributed by atoms with Gasteiger partial charge in [-0.15, -0.1) is 0 Å². The fourth-order valence-electron chi connectivity index (χ4n) is 1.16. The monoisotopic (exact) mass is 262 g/mol. The molecule has 0 atom stereocenters. The second kappa shape index (κ2) is 3.96. The number of benzene rings is 1. The molecule has 78 valence electrons. The summed E-state index contributed by atoms with van der Waals surface area (Å²) in [6.45, 7) is 0. The molecule has 0 amide bonds. The molecular weight excluding hydrogens is 258 g/mol. The zero-order valence-corrected chi connectivity index (χ0v) is 9.63. The fourth-order valence-corrected chi connectivity index (χ4v) is 2.36. The zero-order chi connectivity index (χ0) is 11.0. The maximum absolute atomic E-state index is 13.5. The van der Waals surface area contributed by atoms with E-state index in [9.17, 15) is 4.39 Å². The average molecular weight is 263 g/mol. The lowest BCUT2D eigenvalue weighted by molar-refractivity contribution is 0.632. The van der Waals surface area contributed by atoms with Crippen LogP contribution in [-0.2, 0) is 0 Å². The molecule has 0 aliphatic carbocycles. The summed E-state index contributed by atoms with van der Waals surface area (Å²) in [7, 11) is 0. The first-order valence-corrected chi connectivity index (χ1v) is 5.52. The van der Waals surface area contributed by atoms with Crippen LogP contribution in [0.1, 0.15) is 0 Å². The van der Waals surface area contributed by atoms with Crippen LogP contribution in [0, 0.1) is 5.82 Å². The third kappa shape index (κ3) is 1.93. The van der Waals surface area contributed by atoms with Crippen molar-refractivity contribution < 1.29 is 4.39 Å². The highest BCUT2D eigenvalue weighted by Gasteiger charge is 2.14. The molecule has 1 aromatic carbocycles. The highest BCUT2D eigenvalue weighted by atomic mass is 35.5. The van der Waals surface area contributed by atoms with Crippen LogP contribution in [0.3, 0.4) is 0 Å². The Balaban J connectivity index is 2.66. The molecule has 6 heteroatoms. The van der Waals surface area contributed by atoms with Crippen LogP contribution in [0.15, 0.2) is 18.3 Å². The number of nitrogens with zero attached hydrogens (tertiary/aromatic N) is 1. The smallest absolute Gasteiger partial charge is 0.180 e. The molecule has 1 heterocycles. The number of aromatic nitrogens is 1. The molecule has 2 rings (SSSR count). The first kappa shape index (κ1) is 10.7. The minimum atomic E-state index is -0.437. The Hall–Kier alpha value is -0.840. The Kier molecular flexibility index (Phi) is 2.82. The summed E-state index contributed by atoms with van der Waals surface area (Å²) < 4.78 is 13.5. The van der Waals surface area contributed by atoms with Crippen LogP contribution in [0.4, 0.5) is 9.52 Å². The number of hydrogen-bond acceptors (Lipinski definition) is 3. The van der Waals surface area contributed by atoms with Crippen molar-refractivity contribution in [3.8, 4) is 10.4 Å². The van der Waals surface area contributed by atoms with Gasteiger partial charge in [-0.3, -0.25) is 0 Å². The van der Waals surface area contributed by atoms with Crippen molar-refractivity contribution in [2.75, 3.05) is 5.73 Å². The van der Waals surface area contributed by atoms with Gasteiger partial charge in [-0.05, 0) is 12.1 Å². The molecule has 0 aliphatic rings. The van der Waals surface area contributed by atoms with E-state index >= 15 is 0 Å². The van der Waals surface area contributed by atoms with Crippen LogP contribution < -0.4 is 5.73 Å². The molecule has 1 aromatic heterocycles. The van der Waals surface area contributed by atoms with E-state index in [2.05, 4.69) is 4.98 Å². The summed E-state index contributed by atoms with van der Waals surface area (Å²) in [5.41, 5.74) is 5.71. The van der Waals surface area contributed by atoms with Gasteiger partial charge in [0.05, 0.1) is 14.9 Å². The van der Waals surface area contributed by atoms with Crippen LogP contribution >= 0.6 is 34.5 Å². The lowest BCUT2D eigenvalue weighted by Crippen LogP contribution is -1.84. The van der Waals surface area contributed by atoms with Gasteiger partial charge >= 0.3 is 0 Å². The summed E-state index contributed by atoms with van der Waals surface area (Å²) in [6.07, 6.45) is 1.47. The summed E-state index contributed by atoms with van der Waals surface area (Å²) in [6, 6.07) is 2.67. The van der Waals surface area contributed by atoms with Gasteiger partial charge in [-0.1, -0.05) is 34.5 Å². The van der Waals surface area contributed by atoms with Gasteiger partial charge in [0.1, 0.15) is 5.82 Å². The lowest BCUT2D eigenvalue weighted by Gasteiger charge is -2.03. The number of rotatable bonds is 1. The molecule has 0 bridgehead atoms. The van der Waals surface area contributed by atoms with E-state index in [1.807, 2.05) is 0 Å². The fraction of sp³-hybridized carbons (Fsp3) is 0. The van der Waals surface area contributed by atoms with Crippen LogP contribution in [0.5, 0.6) is 0 Å². The first-order chi connectivity index (χ1) is 7.09. The van der Waals surface area contributed by atoms with Crippen molar-refractivity contribution in [2.45, 2.75) is 0 Å². The molecule has 0 aliphatic heterocycles. The van der Waals surface area contributed by atoms with Crippen molar-refractivity contribution in [3.63, 3.8) is 0 Å². The Morgan fingerprint density at radius 1 is 1.33 bits per heavy atom. The molecule has 2 aromatic rings. The second-order valence-electron chi connectivity index (χ2n) is 2.78. The number of nitrogen functional groups attached to an aromatic ring is 1. The predicted molar refractivity (Wildman–Crippen MR) is 61.9 cm³/mol. The van der Waals surface area contributed by atoms with E-state index in [1.54, 1.807) is 0 Å². The molecule has 0 spiro atoms. The average Bonchev–Trinajstić information content (AvgIpc) is 2.59. The van der Waals surface area contributed by atoms with Gasteiger partial charge < -0.3 is 5.73 Å². The van der Waals surface area contributed by atoms with Gasteiger partial charge in [0.25, 0.3) is 0 Å². The van der Waals surface area contributed by atoms with Gasteiger partial charge in [0.15, 0.2) is 5.13 Å². The number of halogens is 3. The normalized spacial score (nSPS) is 10.6. The van der Waals surface area contributed by atoms with Crippen LogP contribution in [0.2, 0.25) is 10.0 Å². The first-order valence-electron chi connectivity index (χ1n) is 3.95. The van der Waals surface area contributed by atoms with E-state index < -0.39 is 5.82 Å². The Labute approximate surface area is 99.5 Å². The number of thiazole rings is 1. The largest absolute Gasteiger partial charge is 0.375 e. The molecule has 2 N–H and O–H groups in total. The minimum absolute atomic E-state index is 0.181.